The summed E-state index contributed by atoms with van der Waals surface area (Å²) in [5, 5.41) is 7.60. The van der Waals surface area contributed by atoms with Gasteiger partial charge in [-0.25, -0.2) is 4.98 Å². The molecule has 1 aliphatic rings. The van der Waals surface area contributed by atoms with Crippen LogP contribution in [0.1, 0.15) is 36.8 Å². The Balaban J connectivity index is 1.29. The summed E-state index contributed by atoms with van der Waals surface area (Å²) in [6, 6.07) is 12.3. The van der Waals surface area contributed by atoms with Crippen molar-refractivity contribution in [1.29, 1.82) is 0 Å². The fourth-order valence-electron chi connectivity index (χ4n) is 4.51. The topological polar surface area (TPSA) is 53.1 Å². The number of nitrogens with zero attached hydrogens (tertiary/aromatic N) is 3. The van der Waals surface area contributed by atoms with Crippen molar-refractivity contribution < 1.29 is 13.2 Å². The van der Waals surface area contributed by atoms with E-state index in [0.29, 0.717) is 30.0 Å². The second kappa shape index (κ2) is 10.4. The lowest BCUT2D eigenvalue weighted by Crippen LogP contribution is -2.31. The molecule has 1 aromatic heterocycles. The maximum atomic E-state index is 13.1. The Bertz CT molecular complexity index is 1130. The zero-order valence-electron chi connectivity index (χ0n) is 19.3. The van der Waals surface area contributed by atoms with Crippen molar-refractivity contribution in [3.8, 4) is 0 Å². The zero-order chi connectivity index (χ0) is 24.3. The molecule has 0 saturated heterocycles. The standard InChI is InChI=1S/C25H29ClF3N5/c1-34(2)23-19-7-3-4-9-21(19)32-24(33-23)31-18-12-10-16(11-13-18)14-30-15-17-6-5-8-20(22(17)26)25(27,28)29/h3-9,16,18,30H,10-15H2,1-2H3,(H,31,32,33)/t16-,18+. The Labute approximate surface area is 202 Å². The smallest absolute Gasteiger partial charge is 0.362 e. The lowest BCUT2D eigenvalue weighted by molar-refractivity contribution is -0.137. The van der Waals surface area contributed by atoms with Crippen LogP contribution in [0.3, 0.4) is 0 Å². The summed E-state index contributed by atoms with van der Waals surface area (Å²) in [6.07, 6.45) is -0.418. The summed E-state index contributed by atoms with van der Waals surface area (Å²) in [5.74, 6) is 2.00. The fraction of sp³-hybridized carbons (Fsp3) is 0.440. The largest absolute Gasteiger partial charge is 0.417 e. The van der Waals surface area contributed by atoms with E-state index < -0.39 is 11.7 Å². The molecule has 1 saturated carbocycles. The van der Waals surface area contributed by atoms with Crippen molar-refractivity contribution in [3.05, 3.63) is 58.6 Å². The van der Waals surface area contributed by atoms with E-state index in [0.717, 1.165) is 55.0 Å². The molecule has 182 valence electrons. The highest BCUT2D eigenvalue weighted by atomic mass is 35.5. The molecule has 2 N–H and O–H groups in total. The average Bonchev–Trinajstić information content (AvgIpc) is 2.80. The van der Waals surface area contributed by atoms with Crippen LogP contribution in [0.15, 0.2) is 42.5 Å². The molecule has 1 heterocycles. The summed E-state index contributed by atoms with van der Waals surface area (Å²) in [7, 11) is 3.95. The Morgan fingerprint density at radius 1 is 1.00 bits per heavy atom. The van der Waals surface area contributed by atoms with E-state index in [1.165, 1.54) is 6.07 Å². The Morgan fingerprint density at radius 3 is 2.44 bits per heavy atom. The molecule has 2 aromatic carbocycles. The summed E-state index contributed by atoms with van der Waals surface area (Å²) < 4.78 is 39.2. The molecule has 0 spiro atoms. The van der Waals surface area contributed by atoms with Gasteiger partial charge in [-0.2, -0.15) is 18.2 Å². The highest BCUT2D eigenvalue weighted by Crippen LogP contribution is 2.36. The third kappa shape index (κ3) is 5.73. The molecule has 0 bridgehead atoms. The molecule has 5 nitrogen and oxygen atoms in total. The van der Waals surface area contributed by atoms with E-state index in [1.54, 1.807) is 6.07 Å². The first-order valence-corrected chi connectivity index (χ1v) is 11.9. The number of para-hydroxylation sites is 1. The Kier molecular flexibility index (Phi) is 7.48. The van der Waals surface area contributed by atoms with Gasteiger partial charge in [0.1, 0.15) is 5.82 Å². The predicted molar refractivity (Wildman–Crippen MR) is 131 cm³/mol. The van der Waals surface area contributed by atoms with E-state index in [9.17, 15) is 13.2 Å². The number of hydrogen-bond donors (Lipinski definition) is 2. The van der Waals surface area contributed by atoms with Gasteiger partial charge in [0.25, 0.3) is 0 Å². The van der Waals surface area contributed by atoms with E-state index in [1.807, 2.05) is 43.3 Å². The molecule has 1 fully saturated rings. The molecule has 0 amide bonds. The molecule has 9 heteroatoms. The average molecular weight is 492 g/mol. The van der Waals surface area contributed by atoms with Gasteiger partial charge in [-0.1, -0.05) is 35.9 Å². The predicted octanol–water partition coefficient (Wildman–Crippen LogP) is 6.13. The van der Waals surface area contributed by atoms with Crippen LogP contribution in [0.5, 0.6) is 0 Å². The molecule has 1 aliphatic carbocycles. The first-order chi connectivity index (χ1) is 16.2. The van der Waals surface area contributed by atoms with Crippen molar-refractivity contribution in [1.82, 2.24) is 15.3 Å². The van der Waals surface area contributed by atoms with Crippen LogP contribution >= 0.6 is 11.6 Å². The normalized spacial score (nSPS) is 18.8. The summed E-state index contributed by atoms with van der Waals surface area (Å²) in [5.41, 5.74) is 0.597. The number of anilines is 2. The van der Waals surface area contributed by atoms with Gasteiger partial charge < -0.3 is 15.5 Å². The van der Waals surface area contributed by atoms with Gasteiger partial charge in [0.05, 0.1) is 16.1 Å². The Morgan fingerprint density at radius 2 is 1.74 bits per heavy atom. The second-order valence-electron chi connectivity index (χ2n) is 9.05. The van der Waals surface area contributed by atoms with Crippen LogP contribution in [-0.4, -0.2) is 36.6 Å². The van der Waals surface area contributed by atoms with Crippen LogP contribution in [0.25, 0.3) is 10.9 Å². The SMILES string of the molecule is CN(C)c1nc(N[C@H]2CC[C@@H](CNCc3cccc(C(F)(F)F)c3Cl)CC2)nc2ccccc12. The van der Waals surface area contributed by atoms with Crippen molar-refractivity contribution in [2.24, 2.45) is 5.92 Å². The Hall–Kier alpha value is -2.58. The minimum Gasteiger partial charge on any atom is -0.362 e. The molecular weight excluding hydrogens is 463 g/mol. The molecule has 0 aliphatic heterocycles. The lowest BCUT2D eigenvalue weighted by atomic mass is 9.86. The van der Waals surface area contributed by atoms with E-state index in [2.05, 4.69) is 10.6 Å². The highest BCUT2D eigenvalue weighted by molar-refractivity contribution is 6.32. The van der Waals surface area contributed by atoms with Crippen molar-refractivity contribution in [2.45, 2.75) is 44.4 Å². The molecule has 34 heavy (non-hydrogen) atoms. The minimum atomic E-state index is -4.44. The van der Waals surface area contributed by atoms with Crippen LogP contribution < -0.4 is 15.5 Å². The van der Waals surface area contributed by atoms with E-state index in [4.69, 9.17) is 21.6 Å². The van der Waals surface area contributed by atoms with Crippen molar-refractivity contribution >= 4 is 34.3 Å². The number of aromatic nitrogens is 2. The van der Waals surface area contributed by atoms with Gasteiger partial charge in [0.15, 0.2) is 0 Å². The van der Waals surface area contributed by atoms with Gasteiger partial charge in [0.2, 0.25) is 5.95 Å². The van der Waals surface area contributed by atoms with Crippen LogP contribution in [0.4, 0.5) is 24.9 Å². The van der Waals surface area contributed by atoms with Crippen LogP contribution in [0, 0.1) is 5.92 Å². The maximum absolute atomic E-state index is 13.1. The third-order valence-electron chi connectivity index (χ3n) is 6.32. The molecule has 0 radical (unpaired) electrons. The zero-order valence-corrected chi connectivity index (χ0v) is 20.0. The number of rotatable bonds is 7. The molecule has 0 unspecified atom stereocenters. The van der Waals surface area contributed by atoms with Crippen LogP contribution in [-0.2, 0) is 12.7 Å². The number of fused-ring (bicyclic) bond motifs is 1. The number of benzene rings is 2. The van der Waals surface area contributed by atoms with E-state index in [-0.39, 0.29) is 5.02 Å². The van der Waals surface area contributed by atoms with Crippen molar-refractivity contribution in [3.63, 3.8) is 0 Å². The number of nitrogens with one attached hydrogen (secondary N) is 2. The highest BCUT2D eigenvalue weighted by Gasteiger charge is 2.33. The number of alkyl halides is 3. The minimum absolute atomic E-state index is 0.220. The fourth-order valence-corrected chi connectivity index (χ4v) is 4.80. The van der Waals surface area contributed by atoms with Gasteiger partial charge in [-0.15, -0.1) is 0 Å². The van der Waals surface area contributed by atoms with E-state index >= 15 is 0 Å². The number of halogens is 4. The second-order valence-corrected chi connectivity index (χ2v) is 9.43. The molecular formula is C25H29ClF3N5. The molecule has 4 rings (SSSR count). The lowest BCUT2D eigenvalue weighted by Gasteiger charge is -2.29. The van der Waals surface area contributed by atoms with Gasteiger partial charge in [-0.3, -0.25) is 0 Å². The summed E-state index contributed by atoms with van der Waals surface area (Å²) in [6.45, 7) is 1.07. The van der Waals surface area contributed by atoms with Gasteiger partial charge in [0, 0.05) is 32.1 Å². The van der Waals surface area contributed by atoms with Gasteiger partial charge in [-0.05, 0) is 61.9 Å². The molecule has 3 aromatic rings. The third-order valence-corrected chi connectivity index (χ3v) is 6.77. The molecule has 0 atom stereocenters. The summed E-state index contributed by atoms with van der Waals surface area (Å²) in [4.78, 5) is 11.4. The summed E-state index contributed by atoms with van der Waals surface area (Å²) >= 11 is 5.99. The van der Waals surface area contributed by atoms with Gasteiger partial charge >= 0.3 is 6.18 Å². The van der Waals surface area contributed by atoms with Crippen LogP contribution in [0.2, 0.25) is 5.02 Å². The first-order valence-electron chi connectivity index (χ1n) is 11.5. The number of hydrogen-bond acceptors (Lipinski definition) is 5. The first kappa shape index (κ1) is 24.5. The van der Waals surface area contributed by atoms with Crippen molar-refractivity contribution in [2.75, 3.05) is 30.9 Å². The maximum Gasteiger partial charge on any atom is 0.417 e. The monoisotopic (exact) mass is 491 g/mol. The quantitative estimate of drug-likeness (QED) is 0.416.